The first-order chi connectivity index (χ1) is 9.97. The molecule has 0 radical (unpaired) electrons. The summed E-state index contributed by atoms with van der Waals surface area (Å²) < 4.78 is 18.9. The monoisotopic (exact) mass is 424 g/mol. The maximum atomic E-state index is 13.9. The molecule has 0 aliphatic heterocycles. The smallest absolute Gasteiger partial charge is 0.191 e. The molecule has 0 saturated heterocycles. The number of hydrogen-bond acceptors (Lipinski definition) is 3. The summed E-state index contributed by atoms with van der Waals surface area (Å²) in [6.07, 6.45) is 0. The van der Waals surface area contributed by atoms with Crippen molar-refractivity contribution in [2.24, 2.45) is 4.99 Å². The van der Waals surface area contributed by atoms with Crippen LogP contribution in [0, 0.1) is 5.82 Å². The van der Waals surface area contributed by atoms with Crippen LogP contribution in [-0.2, 0) is 11.3 Å². The minimum atomic E-state index is -0.227. The third-order valence-electron chi connectivity index (χ3n) is 2.98. The van der Waals surface area contributed by atoms with Gasteiger partial charge in [0.05, 0.1) is 12.3 Å². The highest BCUT2D eigenvalue weighted by Crippen LogP contribution is 2.18. The van der Waals surface area contributed by atoms with Gasteiger partial charge < -0.3 is 20.3 Å². The summed E-state index contributed by atoms with van der Waals surface area (Å²) in [5, 5.41) is 6.35. The lowest BCUT2D eigenvalue weighted by molar-refractivity contribution is 0.179. The quantitative estimate of drug-likeness (QED) is 0.418. The number of rotatable bonds is 6. The van der Waals surface area contributed by atoms with Crippen molar-refractivity contribution < 1.29 is 9.13 Å². The number of guanidine groups is 1. The molecule has 0 saturated carbocycles. The van der Waals surface area contributed by atoms with Gasteiger partial charge in [0.25, 0.3) is 0 Å². The van der Waals surface area contributed by atoms with Gasteiger partial charge in [-0.2, -0.15) is 0 Å². The van der Waals surface area contributed by atoms with Crippen LogP contribution in [-0.4, -0.2) is 46.9 Å². The number of methoxy groups -OCH3 is 1. The van der Waals surface area contributed by atoms with Crippen LogP contribution in [0.4, 0.5) is 10.1 Å². The molecule has 0 spiro atoms. The zero-order valence-corrected chi connectivity index (χ0v) is 16.1. The Labute approximate surface area is 149 Å². The first kappa shape index (κ1) is 20.9. The van der Waals surface area contributed by atoms with Gasteiger partial charge in [-0.1, -0.05) is 6.07 Å². The Kier molecular flexibility index (Phi) is 10.1. The molecule has 1 rings (SSSR count). The van der Waals surface area contributed by atoms with E-state index in [1.807, 2.05) is 27.1 Å². The van der Waals surface area contributed by atoms with Crippen LogP contribution in [0.15, 0.2) is 23.2 Å². The lowest BCUT2D eigenvalue weighted by Gasteiger charge is -2.18. The van der Waals surface area contributed by atoms with Crippen molar-refractivity contribution in [3.05, 3.63) is 29.6 Å². The van der Waals surface area contributed by atoms with Crippen molar-refractivity contribution in [1.82, 2.24) is 10.6 Å². The number of nitrogens with one attached hydrogen (secondary N) is 2. The second-order valence-corrected chi connectivity index (χ2v) is 5.11. The van der Waals surface area contributed by atoms with Crippen molar-refractivity contribution in [1.29, 1.82) is 0 Å². The highest BCUT2D eigenvalue weighted by Gasteiger charge is 2.07. The fourth-order valence-electron chi connectivity index (χ4n) is 1.93. The maximum absolute atomic E-state index is 13.9. The van der Waals surface area contributed by atoms with Crippen LogP contribution >= 0.6 is 24.0 Å². The molecule has 0 amide bonds. The van der Waals surface area contributed by atoms with Crippen molar-refractivity contribution in [2.45, 2.75) is 19.5 Å². The fraction of sp³-hybridized carbons (Fsp3) is 0.533. The SMILES string of the molecule is CN=C(NCc1ccc(N(C)C)c(F)c1)NC(C)COC.I. The molecule has 0 bridgehead atoms. The molecule has 1 aromatic carbocycles. The normalized spacial score (nSPS) is 12.4. The van der Waals surface area contributed by atoms with Gasteiger partial charge in [0.2, 0.25) is 0 Å². The molecular weight excluding hydrogens is 398 g/mol. The number of nitrogens with zero attached hydrogens (tertiary/aromatic N) is 2. The van der Waals surface area contributed by atoms with Crippen LogP contribution in [0.5, 0.6) is 0 Å². The molecule has 0 aromatic heterocycles. The third kappa shape index (κ3) is 6.78. The topological polar surface area (TPSA) is 48.9 Å². The second kappa shape index (κ2) is 10.6. The zero-order valence-electron chi connectivity index (χ0n) is 13.8. The van der Waals surface area contributed by atoms with E-state index in [0.29, 0.717) is 24.8 Å². The minimum Gasteiger partial charge on any atom is -0.383 e. The molecule has 1 atom stereocenters. The Hall–Kier alpha value is -1.09. The molecule has 0 aliphatic carbocycles. The molecule has 2 N–H and O–H groups in total. The average molecular weight is 424 g/mol. The van der Waals surface area contributed by atoms with Crippen LogP contribution < -0.4 is 15.5 Å². The Morgan fingerprint density at radius 2 is 2.09 bits per heavy atom. The van der Waals surface area contributed by atoms with Gasteiger partial charge in [0, 0.05) is 40.8 Å². The van der Waals surface area contributed by atoms with Crippen molar-refractivity contribution >= 4 is 35.6 Å². The van der Waals surface area contributed by atoms with E-state index in [-0.39, 0.29) is 35.8 Å². The van der Waals surface area contributed by atoms with Gasteiger partial charge in [-0.25, -0.2) is 4.39 Å². The standard InChI is InChI=1S/C15H25FN4O.HI/c1-11(10-21-5)19-15(17-2)18-9-12-6-7-14(20(3)4)13(16)8-12;/h6-8,11H,9-10H2,1-5H3,(H2,17,18,19);1H. The summed E-state index contributed by atoms with van der Waals surface area (Å²) in [4.78, 5) is 5.88. The molecule has 5 nitrogen and oxygen atoms in total. The number of hydrogen-bond donors (Lipinski definition) is 2. The molecule has 0 aliphatic rings. The van der Waals surface area contributed by atoms with E-state index in [4.69, 9.17) is 4.74 Å². The second-order valence-electron chi connectivity index (χ2n) is 5.11. The number of ether oxygens (including phenoxy) is 1. The van der Waals surface area contributed by atoms with Gasteiger partial charge in [0.15, 0.2) is 5.96 Å². The van der Waals surface area contributed by atoms with Crippen LogP contribution in [0.25, 0.3) is 0 Å². The molecule has 22 heavy (non-hydrogen) atoms. The Bertz CT molecular complexity index is 483. The average Bonchev–Trinajstić information content (AvgIpc) is 2.43. The van der Waals surface area contributed by atoms with Gasteiger partial charge >= 0.3 is 0 Å². The summed E-state index contributed by atoms with van der Waals surface area (Å²) in [7, 11) is 6.99. The first-order valence-corrected chi connectivity index (χ1v) is 6.89. The highest BCUT2D eigenvalue weighted by molar-refractivity contribution is 14.0. The Morgan fingerprint density at radius 3 is 2.59 bits per heavy atom. The van der Waals surface area contributed by atoms with Gasteiger partial charge in [-0.05, 0) is 24.6 Å². The van der Waals surface area contributed by atoms with E-state index in [0.717, 1.165) is 5.56 Å². The van der Waals surface area contributed by atoms with Gasteiger partial charge in [-0.3, -0.25) is 4.99 Å². The molecule has 0 heterocycles. The Balaban J connectivity index is 0.00000441. The largest absolute Gasteiger partial charge is 0.383 e. The Morgan fingerprint density at radius 1 is 1.41 bits per heavy atom. The lowest BCUT2D eigenvalue weighted by atomic mass is 10.2. The lowest BCUT2D eigenvalue weighted by Crippen LogP contribution is -2.43. The predicted molar refractivity (Wildman–Crippen MR) is 101 cm³/mol. The molecule has 1 unspecified atom stereocenters. The van der Waals surface area contributed by atoms with E-state index in [1.165, 1.54) is 6.07 Å². The summed E-state index contributed by atoms with van der Waals surface area (Å²) in [5.41, 5.74) is 1.44. The third-order valence-corrected chi connectivity index (χ3v) is 2.98. The number of halogens is 2. The van der Waals surface area contributed by atoms with Crippen LogP contribution in [0.1, 0.15) is 12.5 Å². The van der Waals surface area contributed by atoms with E-state index >= 15 is 0 Å². The number of aliphatic imine (C=N–C) groups is 1. The predicted octanol–water partition coefficient (Wildman–Crippen LogP) is 2.21. The first-order valence-electron chi connectivity index (χ1n) is 6.89. The van der Waals surface area contributed by atoms with Crippen molar-refractivity contribution in [3.63, 3.8) is 0 Å². The number of anilines is 1. The molecular formula is C15H26FIN4O. The van der Waals surface area contributed by atoms with Crippen LogP contribution in [0.2, 0.25) is 0 Å². The maximum Gasteiger partial charge on any atom is 0.191 e. The number of benzene rings is 1. The van der Waals surface area contributed by atoms with Crippen molar-refractivity contribution in [2.75, 3.05) is 39.8 Å². The molecule has 126 valence electrons. The summed E-state index contributed by atoms with van der Waals surface area (Å²) in [6.45, 7) is 3.10. The van der Waals surface area contributed by atoms with E-state index in [2.05, 4.69) is 15.6 Å². The van der Waals surface area contributed by atoms with E-state index in [9.17, 15) is 4.39 Å². The highest BCUT2D eigenvalue weighted by atomic mass is 127. The summed E-state index contributed by atoms with van der Waals surface area (Å²) in [5.74, 6) is 0.437. The molecule has 0 fully saturated rings. The zero-order chi connectivity index (χ0) is 15.8. The van der Waals surface area contributed by atoms with Gasteiger partial charge in [-0.15, -0.1) is 24.0 Å². The molecule has 1 aromatic rings. The summed E-state index contributed by atoms with van der Waals surface area (Å²) >= 11 is 0. The van der Waals surface area contributed by atoms with Gasteiger partial charge in [0.1, 0.15) is 5.82 Å². The van der Waals surface area contributed by atoms with E-state index < -0.39 is 0 Å². The van der Waals surface area contributed by atoms with Crippen LogP contribution in [0.3, 0.4) is 0 Å². The van der Waals surface area contributed by atoms with E-state index in [1.54, 1.807) is 25.1 Å². The fourth-order valence-corrected chi connectivity index (χ4v) is 1.93. The minimum absolute atomic E-state index is 0. The van der Waals surface area contributed by atoms with Crippen molar-refractivity contribution in [3.8, 4) is 0 Å². The molecule has 7 heteroatoms. The summed E-state index contributed by atoms with van der Waals surface area (Å²) in [6, 6.07) is 5.36.